The van der Waals surface area contributed by atoms with E-state index in [4.69, 9.17) is 42.3 Å². The standard InChI is InChI=1S/C23H19F3N2O6S.C22H20N2O4.C21H18N2O4.C13H15NO3.C9H9NO3.C9H8O4.C6H6BClO2/c1-33-22(30)16-5-7-18-14(12-16)4-8-19(27-18)17-13-15(21(29)28-10-2-3-11-28)6-9-20(17)34-35(31,32)23(24,25)26;1-28-22(27)16-5-7-18-14(12-16)4-8-19(23-18)17-13-15(6-9-20(17)25)21(26)24-10-2-3-11-24;24-19-8-5-14(20(25)23-9-1-2-10-23)12-16(19)18-7-3-13-11-15(21(26)27)4-6-17(13)22-18;1-9(15)11-8-10(4-5-12(11)16)13(17)14-6-2-3-7-14;1-13-9(12)6-2-3-8(10)7(4-6)5-11;1-5(10)7-4-6(9(12)13)2-3-8(7)11;8-6-3-1-5(2-4-6)7(9)10/h4-9,12-13H,2-3,10-11H2,1H3;4-9,12-13,25H,2-3,10-11H2,1H3;3-8,11-12,24H,1-2,9-10H2,(H,26,27);4-5,8,16H,2-3,6-7H2,1H3;2-5H,10H2,1H3;2-4,11H,1H3,(H,12,13);1-4,9-10H. The number of aldehydes is 1. The number of ether oxygens (including phenoxy) is 3. The van der Waals surface area contributed by atoms with E-state index in [2.05, 4.69) is 28.6 Å². The number of anilines is 1. The summed E-state index contributed by atoms with van der Waals surface area (Å²) in [5.74, 6) is -5.42. The number of carboxylic acids is 2. The first kappa shape index (κ1) is 107. The molecule has 13 aromatic rings. The lowest BCUT2D eigenvalue weighted by Crippen LogP contribution is -2.29. The molecule has 4 fully saturated rings. The summed E-state index contributed by atoms with van der Waals surface area (Å²) in [6.07, 6.45) is 8.41. The number of carbonyl (C=O) groups is 12. The van der Waals surface area contributed by atoms with Crippen LogP contribution >= 0.6 is 11.6 Å². The first-order valence-electron chi connectivity index (χ1n) is 44.2. The van der Waals surface area contributed by atoms with Crippen LogP contribution in [0.2, 0.25) is 5.02 Å². The molecule has 0 radical (unpaired) electrons. The van der Waals surface area contributed by atoms with Crippen LogP contribution in [0.25, 0.3) is 66.5 Å². The molecular formula is C103H95BClF3N8O26S. The highest BCUT2D eigenvalue weighted by Crippen LogP contribution is 2.39. The second-order valence-corrected chi connectivity index (χ2v) is 34.5. The molecule has 17 rings (SSSR count). The molecular weight excluding hydrogens is 1900 g/mol. The number of ketones is 2. The SMILES string of the molecule is CC(=O)c1cc(C(=O)N2CCCC2)ccc1O.CC(=O)c1cc(C(=O)O)ccc1O.COC(=O)c1ccc(N)c(C=O)c1.COC(=O)c1ccc2nc(-c3cc(C(=O)N4CCCC4)ccc3O)ccc2c1.COC(=O)c1ccc2nc(-c3cc(C(=O)N4CCCC4)ccc3OS(=O)(=O)C(F)(F)F)ccc2c1.O=C(O)c1ccc2nc(-c3cc(C(=O)N4CCCC4)ccc3O)ccc2c1.OB(O)c1ccc(Cl)cc1. The number of hydrogen-bond donors (Lipinski definition) is 9. The van der Waals surface area contributed by atoms with Crippen LogP contribution < -0.4 is 15.4 Å². The number of phenolic OH excluding ortho intramolecular Hbond substituents is 4. The highest BCUT2D eigenvalue weighted by atomic mass is 35.5. The van der Waals surface area contributed by atoms with Crippen molar-refractivity contribution < 1.29 is 138 Å². The number of aromatic carboxylic acids is 2. The van der Waals surface area contributed by atoms with Gasteiger partial charge in [-0.1, -0.05) is 41.9 Å². The summed E-state index contributed by atoms with van der Waals surface area (Å²) in [5.41, 5.74) is 7.75. The third-order valence-electron chi connectivity index (χ3n) is 22.8. The highest BCUT2D eigenvalue weighted by Gasteiger charge is 2.49. The van der Waals surface area contributed by atoms with Crippen molar-refractivity contribution in [1.29, 1.82) is 0 Å². The molecule has 143 heavy (non-hydrogen) atoms. The number of aromatic hydroxyl groups is 4. The largest absolute Gasteiger partial charge is 0.534 e. The summed E-state index contributed by atoms with van der Waals surface area (Å²) in [4.78, 5) is 159. The van der Waals surface area contributed by atoms with Gasteiger partial charge >= 0.3 is 52.6 Å². The van der Waals surface area contributed by atoms with Crippen LogP contribution in [-0.2, 0) is 24.3 Å². The Morgan fingerprint density at radius 3 is 1.04 bits per heavy atom. The Morgan fingerprint density at radius 1 is 0.392 bits per heavy atom. The number of phenols is 4. The average Bonchev–Trinajstić information content (AvgIpc) is 1.78. The zero-order chi connectivity index (χ0) is 104. The predicted octanol–water partition coefficient (Wildman–Crippen LogP) is 15.3. The molecule has 0 bridgehead atoms. The maximum Gasteiger partial charge on any atom is 0.534 e. The number of Topliss-reactive ketones (excluding diaryl/α,β-unsaturated/α-hetero) is 2. The fourth-order valence-electron chi connectivity index (χ4n) is 15.2. The topological polar surface area (TPSA) is 515 Å². The first-order valence-corrected chi connectivity index (χ1v) is 46.0. The van der Waals surface area contributed by atoms with Crippen LogP contribution in [0.3, 0.4) is 0 Å². The van der Waals surface area contributed by atoms with Crippen LogP contribution in [0.15, 0.2) is 224 Å². The lowest BCUT2D eigenvalue weighted by atomic mass is 9.81. The fourth-order valence-corrected chi connectivity index (χ4v) is 15.8. The van der Waals surface area contributed by atoms with Gasteiger partial charge in [-0.15, -0.1) is 0 Å². The van der Waals surface area contributed by atoms with E-state index in [1.165, 1.54) is 132 Å². The minimum Gasteiger partial charge on any atom is -0.507 e. The van der Waals surface area contributed by atoms with Crippen LogP contribution in [0, 0.1) is 0 Å². The maximum absolute atomic E-state index is 13.0. The number of halogens is 4. The number of esters is 3. The number of nitrogens with zero attached hydrogens (tertiary/aromatic N) is 7. The molecule has 0 aliphatic carbocycles. The molecule has 0 unspecified atom stereocenters. The number of hydrogen-bond acceptors (Lipinski definition) is 28. The maximum atomic E-state index is 13.0. The molecule has 0 saturated carbocycles. The summed E-state index contributed by atoms with van der Waals surface area (Å²) in [6, 6.07) is 56.3. The number of amides is 4. The molecule has 740 valence electrons. The normalized spacial score (nSPS) is 12.9. The van der Waals surface area contributed by atoms with E-state index in [1.807, 2.05) is 15.9 Å². The molecule has 4 aliphatic rings. The average molecular weight is 2000 g/mol. The predicted molar refractivity (Wildman–Crippen MR) is 523 cm³/mol. The third kappa shape index (κ3) is 27.6. The second-order valence-electron chi connectivity index (χ2n) is 32.5. The number of carbonyl (C=O) groups excluding carboxylic acids is 10. The minimum atomic E-state index is -5.97. The van der Waals surface area contributed by atoms with E-state index in [0.29, 0.717) is 119 Å². The number of aromatic nitrogens is 3. The van der Waals surface area contributed by atoms with Crippen molar-refractivity contribution in [2.24, 2.45) is 0 Å². The molecule has 0 spiro atoms. The number of benzene rings is 10. The number of alkyl halides is 3. The van der Waals surface area contributed by atoms with E-state index in [1.54, 1.807) is 119 Å². The quantitative estimate of drug-likeness (QED) is 0.00563. The Labute approximate surface area is 821 Å². The molecule has 7 heterocycles. The minimum absolute atomic E-state index is 0.0111. The van der Waals surface area contributed by atoms with Crippen LogP contribution in [-0.4, -0.2) is 241 Å². The van der Waals surface area contributed by atoms with Gasteiger partial charge in [0.25, 0.3) is 23.6 Å². The smallest absolute Gasteiger partial charge is 0.507 e. The van der Waals surface area contributed by atoms with E-state index in [0.717, 1.165) is 108 Å². The molecule has 10 aromatic carbocycles. The van der Waals surface area contributed by atoms with E-state index < -0.39 is 58.3 Å². The van der Waals surface area contributed by atoms with E-state index in [-0.39, 0.29) is 103 Å². The van der Waals surface area contributed by atoms with Crippen molar-refractivity contribution in [1.82, 2.24) is 34.6 Å². The zero-order valence-corrected chi connectivity index (χ0v) is 79.0. The Kier molecular flexibility index (Phi) is 36.2. The van der Waals surface area contributed by atoms with Gasteiger partial charge in [-0.3, -0.25) is 33.6 Å². The number of pyridine rings is 3. The van der Waals surface area contributed by atoms with Gasteiger partial charge in [0.05, 0.1) is 93.9 Å². The Hall–Kier alpha value is -16.5. The first-order chi connectivity index (χ1) is 68.1. The van der Waals surface area contributed by atoms with Gasteiger partial charge in [-0.05, 0) is 265 Å². The summed E-state index contributed by atoms with van der Waals surface area (Å²) in [7, 11) is -3.52. The molecule has 4 aliphatic heterocycles. The fraction of sp³-hybridized carbons (Fsp3) is 0.214. The Bertz CT molecular complexity index is 7150. The summed E-state index contributed by atoms with van der Waals surface area (Å²) >= 11 is 5.55. The van der Waals surface area contributed by atoms with Gasteiger partial charge in [-0.25, -0.2) is 38.9 Å². The number of nitrogen functional groups attached to an aromatic ring is 1. The summed E-state index contributed by atoms with van der Waals surface area (Å²) in [5, 5.41) is 76.8. The highest BCUT2D eigenvalue weighted by molar-refractivity contribution is 7.88. The summed E-state index contributed by atoms with van der Waals surface area (Å²) in [6.45, 7) is 8.34. The molecule has 3 aromatic heterocycles. The molecule has 4 amide bonds. The van der Waals surface area contributed by atoms with Crippen molar-refractivity contribution in [3.8, 4) is 62.5 Å². The molecule has 34 nitrogen and oxygen atoms in total. The van der Waals surface area contributed by atoms with E-state index in [9.17, 15) is 99.5 Å². The van der Waals surface area contributed by atoms with Crippen LogP contribution in [0.1, 0.15) is 190 Å². The van der Waals surface area contributed by atoms with Crippen molar-refractivity contribution in [3.05, 3.63) is 296 Å². The lowest BCUT2D eigenvalue weighted by Gasteiger charge is -2.18. The van der Waals surface area contributed by atoms with Crippen molar-refractivity contribution >= 4 is 144 Å². The van der Waals surface area contributed by atoms with Crippen molar-refractivity contribution in [3.63, 3.8) is 0 Å². The van der Waals surface area contributed by atoms with Crippen molar-refractivity contribution in [2.75, 3.05) is 79.4 Å². The number of rotatable bonds is 18. The zero-order valence-electron chi connectivity index (χ0n) is 77.4. The molecule has 40 heteroatoms. The molecule has 0 atom stereocenters. The number of carboxylic acid groups (broad SMARTS) is 2. The second kappa shape index (κ2) is 48.4. The van der Waals surface area contributed by atoms with Crippen molar-refractivity contribution in [2.45, 2.75) is 70.7 Å². The van der Waals surface area contributed by atoms with Gasteiger partial charge in [0, 0.05) is 124 Å². The van der Waals surface area contributed by atoms with Crippen LogP contribution in [0.5, 0.6) is 28.7 Å². The summed E-state index contributed by atoms with van der Waals surface area (Å²) < 4.78 is 80.6. The van der Waals surface area contributed by atoms with Gasteiger partial charge in [0.1, 0.15) is 23.0 Å². The van der Waals surface area contributed by atoms with Gasteiger partial charge in [0.2, 0.25) is 0 Å². The third-order valence-corrected chi connectivity index (χ3v) is 24.0. The molecule has 4 saturated heterocycles. The Morgan fingerprint density at radius 2 is 0.692 bits per heavy atom. The monoisotopic (exact) mass is 1990 g/mol. The lowest BCUT2D eigenvalue weighted by molar-refractivity contribution is -0.0500. The Balaban J connectivity index is 0.000000166. The number of likely N-dealkylation sites (tertiary alicyclic amines) is 4. The number of nitrogens with two attached hydrogens (primary N) is 1. The van der Waals surface area contributed by atoms with Crippen LogP contribution in [0.4, 0.5) is 18.9 Å². The van der Waals surface area contributed by atoms with Gasteiger partial charge < -0.3 is 84.4 Å². The van der Waals surface area contributed by atoms with E-state index >= 15 is 0 Å². The number of fused-ring (bicyclic) bond motifs is 3. The van der Waals surface area contributed by atoms with Gasteiger partial charge in [0.15, 0.2) is 23.6 Å². The van der Waals surface area contributed by atoms with Gasteiger partial charge in [-0.2, -0.15) is 21.6 Å². The number of methoxy groups -OCH3 is 3. The molecule has 10 N–H and O–H groups in total.